The molecule has 2 N–H and O–H groups in total. The summed E-state index contributed by atoms with van der Waals surface area (Å²) in [6.45, 7) is 13.5. The lowest BCUT2D eigenvalue weighted by Crippen LogP contribution is -2.46. The van der Waals surface area contributed by atoms with Crippen LogP contribution in [0.4, 0.5) is 16.3 Å². The number of aromatic nitrogens is 2. The molecule has 8 heteroatoms. The van der Waals surface area contributed by atoms with Gasteiger partial charge in [-0.3, -0.25) is 14.8 Å². The van der Waals surface area contributed by atoms with Crippen molar-refractivity contribution in [1.82, 2.24) is 14.7 Å². The van der Waals surface area contributed by atoms with Gasteiger partial charge in [0.15, 0.2) is 0 Å². The summed E-state index contributed by atoms with van der Waals surface area (Å²) < 4.78 is 7.76. The minimum Gasteiger partial charge on any atom is -0.490 e. The van der Waals surface area contributed by atoms with Crippen LogP contribution in [0.3, 0.4) is 0 Å². The lowest BCUT2D eigenvalue weighted by molar-refractivity contribution is -0.141. The fraction of sp³-hybridized carbons (Fsp3) is 0.560. The lowest BCUT2D eigenvalue weighted by Gasteiger charge is -2.35. The van der Waals surface area contributed by atoms with Crippen LogP contribution in [-0.2, 0) is 17.3 Å². The van der Waals surface area contributed by atoms with Crippen molar-refractivity contribution in [1.29, 1.82) is 0 Å². The standard InChI is InChI=1S/C25H37N5O3/c1-24(2,3)20-16-21(29(7)28-20)27-23(32)26-17-8-10-18(11-9-17)33-19-12-14-30(15-13-19)22(31)25(4,5)6/h8-11,16,19H,12-15H2,1-7H3,(H2,26,27,32). The van der Waals surface area contributed by atoms with E-state index in [2.05, 4.69) is 36.5 Å². The smallest absolute Gasteiger partial charge is 0.324 e. The molecule has 1 aliphatic rings. The van der Waals surface area contributed by atoms with Crippen LogP contribution in [0.25, 0.3) is 0 Å². The second-order valence-corrected chi connectivity index (χ2v) is 10.8. The minimum atomic E-state index is -0.353. The fourth-order valence-corrected chi connectivity index (χ4v) is 3.69. The number of carbonyl (C=O) groups is 2. The highest BCUT2D eigenvalue weighted by Gasteiger charge is 2.30. The number of likely N-dealkylation sites (tertiary alicyclic amines) is 1. The molecule has 0 spiro atoms. The summed E-state index contributed by atoms with van der Waals surface area (Å²) in [5, 5.41) is 10.2. The Kier molecular flexibility index (Phi) is 7.05. The third-order valence-electron chi connectivity index (χ3n) is 5.68. The molecule has 8 nitrogen and oxygen atoms in total. The van der Waals surface area contributed by atoms with E-state index in [1.54, 1.807) is 11.7 Å². The molecule has 0 atom stereocenters. The normalized spacial score (nSPS) is 15.3. The van der Waals surface area contributed by atoms with Crippen LogP contribution < -0.4 is 15.4 Å². The van der Waals surface area contributed by atoms with Gasteiger partial charge in [-0.15, -0.1) is 0 Å². The first kappa shape index (κ1) is 24.6. The van der Waals surface area contributed by atoms with Gasteiger partial charge in [0.2, 0.25) is 5.91 Å². The van der Waals surface area contributed by atoms with E-state index >= 15 is 0 Å². The number of urea groups is 1. The Balaban J connectivity index is 1.49. The molecule has 0 unspecified atom stereocenters. The van der Waals surface area contributed by atoms with Gasteiger partial charge in [-0.2, -0.15) is 5.10 Å². The van der Waals surface area contributed by atoms with Gasteiger partial charge in [0.25, 0.3) is 0 Å². The molecule has 1 aromatic carbocycles. The molecule has 2 heterocycles. The van der Waals surface area contributed by atoms with Crippen molar-refractivity contribution in [3.8, 4) is 5.75 Å². The number of anilines is 2. The van der Waals surface area contributed by atoms with Gasteiger partial charge in [-0.05, 0) is 24.3 Å². The average molecular weight is 456 g/mol. The molecule has 0 bridgehead atoms. The molecule has 0 saturated carbocycles. The van der Waals surface area contributed by atoms with Gasteiger partial charge in [0, 0.05) is 55.6 Å². The van der Waals surface area contributed by atoms with Crippen LogP contribution in [-0.4, -0.2) is 45.8 Å². The number of ether oxygens (including phenoxy) is 1. The van der Waals surface area contributed by atoms with Crippen LogP contribution >= 0.6 is 0 Å². The molecule has 3 rings (SSSR count). The third-order valence-corrected chi connectivity index (χ3v) is 5.68. The summed E-state index contributed by atoms with van der Waals surface area (Å²) in [6, 6.07) is 8.89. The molecule has 1 fully saturated rings. The van der Waals surface area contributed by atoms with Gasteiger partial charge in [0.05, 0.1) is 5.69 Å². The van der Waals surface area contributed by atoms with Crippen LogP contribution in [0.1, 0.15) is 60.1 Å². The van der Waals surface area contributed by atoms with Crippen molar-refractivity contribution in [2.24, 2.45) is 12.5 Å². The highest BCUT2D eigenvalue weighted by molar-refractivity contribution is 5.99. The SMILES string of the molecule is Cn1nc(C(C)(C)C)cc1NC(=O)Nc1ccc(OC2CCN(C(=O)C(C)(C)C)CC2)cc1. The van der Waals surface area contributed by atoms with E-state index in [0.717, 1.165) is 24.3 Å². The number of piperidine rings is 1. The quantitative estimate of drug-likeness (QED) is 0.695. The number of nitrogens with one attached hydrogen (secondary N) is 2. The molecule has 1 saturated heterocycles. The first-order chi connectivity index (χ1) is 15.3. The molecular weight excluding hydrogens is 418 g/mol. The number of hydrogen-bond donors (Lipinski definition) is 2. The Bertz CT molecular complexity index is 975. The largest absolute Gasteiger partial charge is 0.490 e. The monoisotopic (exact) mass is 455 g/mol. The van der Waals surface area contributed by atoms with E-state index < -0.39 is 0 Å². The van der Waals surface area contributed by atoms with Gasteiger partial charge >= 0.3 is 6.03 Å². The molecule has 2 aromatic rings. The Hall–Kier alpha value is -3.03. The zero-order chi connectivity index (χ0) is 24.4. The molecule has 0 aliphatic carbocycles. The third kappa shape index (κ3) is 6.49. The van der Waals surface area contributed by atoms with E-state index in [4.69, 9.17) is 4.74 Å². The molecule has 3 amide bonds. The van der Waals surface area contributed by atoms with Crippen LogP contribution in [0, 0.1) is 5.41 Å². The van der Waals surface area contributed by atoms with E-state index in [-0.39, 0.29) is 28.9 Å². The number of nitrogens with zero attached hydrogens (tertiary/aromatic N) is 3. The van der Waals surface area contributed by atoms with Crippen molar-refractivity contribution >= 4 is 23.4 Å². The molecule has 0 radical (unpaired) electrons. The highest BCUT2D eigenvalue weighted by atomic mass is 16.5. The van der Waals surface area contributed by atoms with Crippen LogP contribution in [0.15, 0.2) is 30.3 Å². The second-order valence-electron chi connectivity index (χ2n) is 10.8. The topological polar surface area (TPSA) is 88.5 Å². The summed E-state index contributed by atoms with van der Waals surface area (Å²) in [5.41, 5.74) is 1.14. The van der Waals surface area contributed by atoms with Crippen molar-refractivity contribution in [3.63, 3.8) is 0 Å². The first-order valence-electron chi connectivity index (χ1n) is 11.5. The van der Waals surface area contributed by atoms with Crippen LogP contribution in [0.2, 0.25) is 0 Å². The summed E-state index contributed by atoms with van der Waals surface area (Å²) in [6.07, 6.45) is 1.70. The van der Waals surface area contributed by atoms with Gasteiger partial charge in [-0.25, -0.2) is 4.79 Å². The van der Waals surface area contributed by atoms with Crippen LogP contribution in [0.5, 0.6) is 5.75 Å². The number of aryl methyl sites for hydroxylation is 1. The zero-order valence-corrected chi connectivity index (χ0v) is 20.9. The molecule has 33 heavy (non-hydrogen) atoms. The van der Waals surface area contributed by atoms with Crippen molar-refractivity contribution < 1.29 is 14.3 Å². The lowest BCUT2D eigenvalue weighted by atomic mass is 9.92. The van der Waals surface area contributed by atoms with Gasteiger partial charge in [0.1, 0.15) is 17.7 Å². The number of rotatable bonds is 4. The Labute approximate surface area is 196 Å². The van der Waals surface area contributed by atoms with Crippen molar-refractivity contribution in [3.05, 3.63) is 36.0 Å². The molecule has 1 aliphatic heterocycles. The average Bonchev–Trinajstić information content (AvgIpc) is 3.09. The van der Waals surface area contributed by atoms with E-state index in [1.807, 2.05) is 56.0 Å². The Morgan fingerprint density at radius 2 is 1.61 bits per heavy atom. The summed E-state index contributed by atoms with van der Waals surface area (Å²) in [7, 11) is 1.81. The molecule has 180 valence electrons. The Morgan fingerprint density at radius 3 is 2.12 bits per heavy atom. The van der Waals surface area contributed by atoms with Crippen molar-refractivity contribution in [2.75, 3.05) is 23.7 Å². The van der Waals surface area contributed by atoms with E-state index in [1.165, 1.54) is 0 Å². The zero-order valence-electron chi connectivity index (χ0n) is 20.9. The first-order valence-corrected chi connectivity index (χ1v) is 11.5. The van der Waals surface area contributed by atoms with Crippen molar-refractivity contribution in [2.45, 2.75) is 65.9 Å². The summed E-state index contributed by atoms with van der Waals surface area (Å²) in [4.78, 5) is 26.8. The minimum absolute atomic E-state index is 0.0815. The number of hydrogen-bond acceptors (Lipinski definition) is 4. The second kappa shape index (κ2) is 9.45. The summed E-state index contributed by atoms with van der Waals surface area (Å²) in [5.74, 6) is 1.58. The number of benzene rings is 1. The fourth-order valence-electron chi connectivity index (χ4n) is 3.69. The predicted octanol–water partition coefficient (Wildman–Crippen LogP) is 4.78. The Morgan fingerprint density at radius 1 is 1.00 bits per heavy atom. The maximum Gasteiger partial charge on any atom is 0.324 e. The van der Waals surface area contributed by atoms with E-state index in [0.29, 0.717) is 24.6 Å². The number of amides is 3. The molecular formula is C25H37N5O3. The maximum absolute atomic E-state index is 12.4. The van der Waals surface area contributed by atoms with E-state index in [9.17, 15) is 9.59 Å². The van der Waals surface area contributed by atoms with Gasteiger partial charge in [-0.1, -0.05) is 41.5 Å². The summed E-state index contributed by atoms with van der Waals surface area (Å²) >= 11 is 0. The molecule has 1 aromatic heterocycles. The van der Waals surface area contributed by atoms with Gasteiger partial charge < -0.3 is 15.0 Å². The number of carbonyl (C=O) groups excluding carboxylic acids is 2. The maximum atomic E-state index is 12.4. The highest BCUT2D eigenvalue weighted by Crippen LogP contribution is 2.25. The predicted molar refractivity (Wildman–Crippen MR) is 131 cm³/mol.